The van der Waals surface area contributed by atoms with Crippen molar-refractivity contribution in [3.05, 3.63) is 23.2 Å². The molecule has 20 heavy (non-hydrogen) atoms. The van der Waals surface area contributed by atoms with Gasteiger partial charge in [-0.3, -0.25) is 4.68 Å². The summed E-state index contributed by atoms with van der Waals surface area (Å²) in [5.41, 5.74) is 0.950. The summed E-state index contributed by atoms with van der Waals surface area (Å²) in [6, 6.07) is 0. The van der Waals surface area contributed by atoms with Crippen LogP contribution in [-0.2, 0) is 16.0 Å². The highest BCUT2D eigenvalue weighted by atomic mass is 35.5. The summed E-state index contributed by atoms with van der Waals surface area (Å²) in [6.45, 7) is 1.79. The summed E-state index contributed by atoms with van der Waals surface area (Å²) in [4.78, 5) is 3.95. The molecule has 1 saturated heterocycles. The number of ether oxygens (including phenoxy) is 2. The third kappa shape index (κ3) is 2.92. The second kappa shape index (κ2) is 6.03. The second-order valence-electron chi connectivity index (χ2n) is 4.71. The maximum atomic E-state index is 13.3. The molecule has 0 N–H and O–H groups in total. The van der Waals surface area contributed by atoms with Crippen molar-refractivity contribution in [2.24, 2.45) is 0 Å². The standard InChI is InChI=1S/C13H15ClFN3O2/c14-12-9(15)7-16-10-8-18(17-13(10)12)4-6-20-11-3-1-2-5-19-11/h7-8,11H,1-6H2. The summed E-state index contributed by atoms with van der Waals surface area (Å²) in [5.74, 6) is -0.559. The van der Waals surface area contributed by atoms with E-state index in [-0.39, 0.29) is 11.3 Å². The molecule has 2 aromatic rings. The van der Waals surface area contributed by atoms with Crippen LogP contribution in [0.2, 0.25) is 5.02 Å². The fourth-order valence-corrected chi connectivity index (χ4v) is 2.38. The molecule has 7 heteroatoms. The summed E-state index contributed by atoms with van der Waals surface area (Å²) >= 11 is 5.85. The first kappa shape index (κ1) is 13.7. The Morgan fingerprint density at radius 2 is 2.40 bits per heavy atom. The van der Waals surface area contributed by atoms with Crippen molar-refractivity contribution in [2.45, 2.75) is 32.1 Å². The number of rotatable bonds is 4. The molecule has 3 rings (SSSR count). The molecule has 0 aliphatic carbocycles. The molecule has 3 heterocycles. The van der Waals surface area contributed by atoms with E-state index >= 15 is 0 Å². The molecule has 1 fully saturated rings. The molecule has 0 saturated carbocycles. The Bertz CT molecular complexity index is 599. The van der Waals surface area contributed by atoms with Gasteiger partial charge in [-0.25, -0.2) is 9.37 Å². The minimum absolute atomic E-state index is 0.00489. The Kier molecular flexibility index (Phi) is 4.14. The molecule has 1 unspecified atom stereocenters. The molecule has 0 spiro atoms. The van der Waals surface area contributed by atoms with E-state index in [1.54, 1.807) is 10.9 Å². The monoisotopic (exact) mass is 299 g/mol. The maximum Gasteiger partial charge on any atom is 0.162 e. The number of halogens is 2. The molecule has 5 nitrogen and oxygen atoms in total. The third-order valence-electron chi connectivity index (χ3n) is 3.24. The van der Waals surface area contributed by atoms with E-state index in [0.29, 0.717) is 24.2 Å². The molecule has 1 atom stereocenters. The van der Waals surface area contributed by atoms with Gasteiger partial charge >= 0.3 is 0 Å². The molecule has 1 aliphatic rings. The smallest absolute Gasteiger partial charge is 0.162 e. The Balaban J connectivity index is 1.61. The van der Waals surface area contributed by atoms with Gasteiger partial charge in [0.15, 0.2) is 12.1 Å². The highest BCUT2D eigenvalue weighted by molar-refractivity contribution is 6.34. The van der Waals surface area contributed by atoms with Crippen LogP contribution in [0.3, 0.4) is 0 Å². The lowest BCUT2D eigenvalue weighted by molar-refractivity contribution is -0.163. The molecule has 2 aromatic heterocycles. The van der Waals surface area contributed by atoms with Crippen molar-refractivity contribution in [3.63, 3.8) is 0 Å². The van der Waals surface area contributed by atoms with E-state index in [2.05, 4.69) is 10.1 Å². The summed E-state index contributed by atoms with van der Waals surface area (Å²) in [6.07, 6.45) is 5.87. The van der Waals surface area contributed by atoms with Gasteiger partial charge in [0.2, 0.25) is 0 Å². The fourth-order valence-electron chi connectivity index (χ4n) is 2.19. The molecular weight excluding hydrogens is 285 g/mol. The third-order valence-corrected chi connectivity index (χ3v) is 3.60. The van der Waals surface area contributed by atoms with E-state index in [1.165, 1.54) is 0 Å². The van der Waals surface area contributed by atoms with Crippen molar-refractivity contribution in [1.82, 2.24) is 14.8 Å². The van der Waals surface area contributed by atoms with Crippen molar-refractivity contribution < 1.29 is 13.9 Å². The highest BCUT2D eigenvalue weighted by Crippen LogP contribution is 2.22. The topological polar surface area (TPSA) is 49.2 Å². The van der Waals surface area contributed by atoms with Crippen molar-refractivity contribution in [1.29, 1.82) is 0 Å². The van der Waals surface area contributed by atoms with Crippen molar-refractivity contribution >= 4 is 22.6 Å². The molecule has 0 aromatic carbocycles. The molecule has 0 amide bonds. The fraction of sp³-hybridized carbons (Fsp3) is 0.538. The lowest BCUT2D eigenvalue weighted by Gasteiger charge is -2.22. The lowest BCUT2D eigenvalue weighted by atomic mass is 10.2. The van der Waals surface area contributed by atoms with Gasteiger partial charge in [-0.15, -0.1) is 0 Å². The average Bonchev–Trinajstić information content (AvgIpc) is 2.88. The number of fused-ring (bicyclic) bond motifs is 1. The summed E-state index contributed by atoms with van der Waals surface area (Å²) < 4.78 is 26.0. The summed E-state index contributed by atoms with van der Waals surface area (Å²) in [5, 5.41) is 4.22. The van der Waals surface area contributed by atoms with Crippen LogP contribution >= 0.6 is 11.6 Å². The van der Waals surface area contributed by atoms with Crippen LogP contribution in [0.5, 0.6) is 0 Å². The quantitative estimate of drug-likeness (QED) is 0.871. The van der Waals surface area contributed by atoms with Gasteiger partial charge in [0, 0.05) is 6.61 Å². The first-order valence-corrected chi connectivity index (χ1v) is 7.02. The SMILES string of the molecule is Fc1cnc2cn(CCOC3CCCCO3)nc2c1Cl. The van der Waals surface area contributed by atoms with Gasteiger partial charge in [-0.05, 0) is 19.3 Å². The van der Waals surface area contributed by atoms with Crippen LogP contribution in [0, 0.1) is 5.82 Å². The minimum atomic E-state index is -0.559. The van der Waals surface area contributed by atoms with Gasteiger partial charge in [0.1, 0.15) is 16.1 Å². The van der Waals surface area contributed by atoms with Crippen LogP contribution in [-0.4, -0.2) is 34.3 Å². The first-order chi connectivity index (χ1) is 9.74. The molecule has 1 aliphatic heterocycles. The predicted molar refractivity (Wildman–Crippen MR) is 72.0 cm³/mol. The van der Waals surface area contributed by atoms with Gasteiger partial charge in [-0.1, -0.05) is 11.6 Å². The molecule has 0 radical (unpaired) electrons. The van der Waals surface area contributed by atoms with E-state index in [1.807, 2.05) is 0 Å². The number of aromatic nitrogens is 3. The average molecular weight is 300 g/mol. The molecule has 108 valence electrons. The maximum absolute atomic E-state index is 13.3. The van der Waals surface area contributed by atoms with Gasteiger partial charge in [0.05, 0.1) is 25.5 Å². The van der Waals surface area contributed by atoms with Gasteiger partial charge < -0.3 is 9.47 Å². The number of hydrogen-bond donors (Lipinski definition) is 0. The second-order valence-corrected chi connectivity index (χ2v) is 5.09. The minimum Gasteiger partial charge on any atom is -0.353 e. The normalized spacial score (nSPS) is 19.6. The molecular formula is C13H15ClFN3O2. The highest BCUT2D eigenvalue weighted by Gasteiger charge is 2.14. The van der Waals surface area contributed by atoms with Crippen LogP contribution in [0.4, 0.5) is 4.39 Å². The van der Waals surface area contributed by atoms with Crippen molar-refractivity contribution in [2.75, 3.05) is 13.2 Å². The first-order valence-electron chi connectivity index (χ1n) is 6.64. The van der Waals surface area contributed by atoms with Crippen LogP contribution in [0.1, 0.15) is 19.3 Å². The van der Waals surface area contributed by atoms with Crippen molar-refractivity contribution in [3.8, 4) is 0 Å². The van der Waals surface area contributed by atoms with Gasteiger partial charge in [0.25, 0.3) is 0 Å². The van der Waals surface area contributed by atoms with Crippen LogP contribution in [0.25, 0.3) is 11.0 Å². The summed E-state index contributed by atoms with van der Waals surface area (Å²) in [7, 11) is 0. The predicted octanol–water partition coefficient (Wildman–Crippen LogP) is 2.77. The van der Waals surface area contributed by atoms with E-state index < -0.39 is 5.82 Å². The zero-order chi connectivity index (χ0) is 13.9. The van der Waals surface area contributed by atoms with Crippen LogP contribution in [0.15, 0.2) is 12.4 Å². The Morgan fingerprint density at radius 1 is 1.50 bits per heavy atom. The lowest BCUT2D eigenvalue weighted by Crippen LogP contribution is -2.24. The largest absolute Gasteiger partial charge is 0.353 e. The van der Waals surface area contributed by atoms with Gasteiger partial charge in [-0.2, -0.15) is 5.10 Å². The molecule has 0 bridgehead atoms. The van der Waals surface area contributed by atoms with E-state index in [9.17, 15) is 4.39 Å². The number of pyridine rings is 1. The Hall–Kier alpha value is -1.24. The number of hydrogen-bond acceptors (Lipinski definition) is 4. The van der Waals surface area contributed by atoms with E-state index in [4.69, 9.17) is 21.1 Å². The van der Waals surface area contributed by atoms with E-state index in [0.717, 1.165) is 32.1 Å². The zero-order valence-electron chi connectivity index (χ0n) is 10.9. The zero-order valence-corrected chi connectivity index (χ0v) is 11.6. The Labute approximate surface area is 120 Å². The van der Waals surface area contributed by atoms with Crippen LogP contribution < -0.4 is 0 Å². The Morgan fingerprint density at radius 3 is 3.20 bits per heavy atom. The number of nitrogens with zero attached hydrogens (tertiary/aromatic N) is 3.